The van der Waals surface area contributed by atoms with Crippen LogP contribution in [0.1, 0.15) is 31.4 Å². The molecule has 0 bridgehead atoms. The van der Waals surface area contributed by atoms with Crippen molar-refractivity contribution in [3.63, 3.8) is 0 Å². The molecule has 2 heterocycles. The van der Waals surface area contributed by atoms with Gasteiger partial charge in [-0.1, -0.05) is 12.8 Å². The summed E-state index contributed by atoms with van der Waals surface area (Å²) in [4.78, 5) is 6.44. The summed E-state index contributed by atoms with van der Waals surface area (Å²) < 4.78 is 5.16. The summed E-state index contributed by atoms with van der Waals surface area (Å²) in [5.74, 6) is 0.913. The Labute approximate surface area is 97.0 Å². The van der Waals surface area contributed by atoms with Crippen LogP contribution in [0.25, 0.3) is 0 Å². The number of nitrogens with one attached hydrogen (secondary N) is 1. The number of aromatic nitrogens is 1. The zero-order chi connectivity index (χ0) is 11.1. The maximum absolute atomic E-state index is 5.16. The molecule has 1 saturated heterocycles. The van der Waals surface area contributed by atoms with Crippen LogP contribution in [-0.4, -0.2) is 36.1 Å². The monoisotopic (exact) mass is 223 g/mol. The number of hydrogen-bond acceptors (Lipinski definition) is 4. The fraction of sp³-hybridized carbons (Fsp3) is 0.750. The molecule has 1 aromatic rings. The maximum atomic E-state index is 5.16. The number of likely N-dealkylation sites (tertiary alicyclic amines) is 1. The van der Waals surface area contributed by atoms with Gasteiger partial charge in [0, 0.05) is 13.1 Å². The van der Waals surface area contributed by atoms with E-state index in [4.69, 9.17) is 4.42 Å². The van der Waals surface area contributed by atoms with E-state index in [1.807, 2.05) is 0 Å². The quantitative estimate of drug-likeness (QED) is 0.770. The lowest BCUT2D eigenvalue weighted by Gasteiger charge is -2.19. The van der Waals surface area contributed by atoms with Crippen molar-refractivity contribution in [1.29, 1.82) is 0 Å². The van der Waals surface area contributed by atoms with Crippen LogP contribution in [0, 0.1) is 0 Å². The van der Waals surface area contributed by atoms with E-state index in [0.717, 1.165) is 25.4 Å². The van der Waals surface area contributed by atoms with Gasteiger partial charge in [0.2, 0.25) is 0 Å². The maximum Gasteiger partial charge on any atom is 0.180 e. The molecule has 0 amide bonds. The molecule has 0 radical (unpaired) electrons. The smallest absolute Gasteiger partial charge is 0.180 e. The van der Waals surface area contributed by atoms with Crippen LogP contribution < -0.4 is 5.32 Å². The van der Waals surface area contributed by atoms with Gasteiger partial charge in [-0.3, -0.25) is 0 Å². The Hall–Kier alpha value is -0.870. The number of oxazole rings is 1. The zero-order valence-corrected chi connectivity index (χ0v) is 9.82. The molecule has 0 spiro atoms. The Balaban J connectivity index is 1.56. The zero-order valence-electron chi connectivity index (χ0n) is 9.82. The summed E-state index contributed by atoms with van der Waals surface area (Å²) in [6.07, 6.45) is 8.78. The van der Waals surface area contributed by atoms with Crippen LogP contribution in [0.4, 0.5) is 0 Å². The van der Waals surface area contributed by atoms with Gasteiger partial charge in [-0.25, -0.2) is 4.98 Å². The van der Waals surface area contributed by atoms with Crippen LogP contribution in [0.15, 0.2) is 17.0 Å². The van der Waals surface area contributed by atoms with E-state index in [1.54, 1.807) is 6.20 Å². The molecule has 90 valence electrons. The van der Waals surface area contributed by atoms with Crippen molar-refractivity contribution in [2.45, 2.75) is 32.2 Å². The first kappa shape index (κ1) is 11.6. The van der Waals surface area contributed by atoms with Gasteiger partial charge in [0.15, 0.2) is 6.39 Å². The Morgan fingerprint density at radius 1 is 1.25 bits per heavy atom. The number of rotatable bonds is 5. The van der Waals surface area contributed by atoms with Crippen molar-refractivity contribution < 1.29 is 4.42 Å². The third kappa shape index (κ3) is 3.94. The van der Waals surface area contributed by atoms with Crippen LogP contribution in [0.3, 0.4) is 0 Å². The van der Waals surface area contributed by atoms with Gasteiger partial charge in [0.25, 0.3) is 0 Å². The Bertz CT molecular complexity index is 266. The number of hydrogen-bond donors (Lipinski definition) is 1. The molecule has 4 heteroatoms. The SMILES string of the molecule is c1ncc(CNCCN2CCCCCC2)o1. The van der Waals surface area contributed by atoms with Crippen molar-refractivity contribution in [2.75, 3.05) is 26.2 Å². The van der Waals surface area contributed by atoms with E-state index in [9.17, 15) is 0 Å². The van der Waals surface area contributed by atoms with Gasteiger partial charge in [-0.2, -0.15) is 0 Å². The molecule has 0 atom stereocenters. The Kier molecular flexibility index (Phi) is 4.83. The highest BCUT2D eigenvalue weighted by Crippen LogP contribution is 2.08. The molecule has 1 aliphatic rings. The van der Waals surface area contributed by atoms with Crippen molar-refractivity contribution >= 4 is 0 Å². The molecule has 16 heavy (non-hydrogen) atoms. The molecule has 1 aromatic heterocycles. The minimum absolute atomic E-state index is 0.786. The molecule has 1 N–H and O–H groups in total. The highest BCUT2D eigenvalue weighted by Gasteiger charge is 2.07. The van der Waals surface area contributed by atoms with Crippen molar-refractivity contribution in [1.82, 2.24) is 15.2 Å². The number of nitrogens with zero attached hydrogens (tertiary/aromatic N) is 2. The molecule has 0 aromatic carbocycles. The third-order valence-electron chi connectivity index (χ3n) is 3.09. The van der Waals surface area contributed by atoms with E-state index < -0.39 is 0 Å². The summed E-state index contributed by atoms with van der Waals surface area (Å²) >= 11 is 0. The lowest BCUT2D eigenvalue weighted by atomic mass is 10.2. The second-order valence-electron chi connectivity index (χ2n) is 4.40. The second kappa shape index (κ2) is 6.66. The molecule has 4 nitrogen and oxygen atoms in total. The molecule has 1 fully saturated rings. The Morgan fingerprint density at radius 2 is 2.06 bits per heavy atom. The lowest BCUT2D eigenvalue weighted by molar-refractivity contribution is 0.282. The standard InChI is InChI=1S/C12H21N3O/c1-2-4-7-15(6-3-1)8-5-13-9-12-10-14-11-16-12/h10-11,13H,1-9H2. The van der Waals surface area contributed by atoms with Crippen LogP contribution in [0.5, 0.6) is 0 Å². The van der Waals surface area contributed by atoms with Gasteiger partial charge in [0.1, 0.15) is 5.76 Å². The third-order valence-corrected chi connectivity index (χ3v) is 3.09. The Morgan fingerprint density at radius 3 is 2.75 bits per heavy atom. The van der Waals surface area contributed by atoms with Crippen molar-refractivity contribution in [3.05, 3.63) is 18.4 Å². The molecule has 1 aliphatic heterocycles. The lowest BCUT2D eigenvalue weighted by Crippen LogP contribution is -2.32. The van der Waals surface area contributed by atoms with E-state index in [2.05, 4.69) is 15.2 Å². The first-order chi connectivity index (χ1) is 7.95. The molecular formula is C12H21N3O. The summed E-state index contributed by atoms with van der Waals surface area (Å²) in [5.41, 5.74) is 0. The minimum Gasteiger partial charge on any atom is -0.447 e. The fourth-order valence-electron chi connectivity index (χ4n) is 2.14. The van der Waals surface area contributed by atoms with Crippen LogP contribution in [0.2, 0.25) is 0 Å². The fourth-order valence-corrected chi connectivity index (χ4v) is 2.14. The predicted octanol–water partition coefficient (Wildman–Crippen LogP) is 1.64. The molecule has 0 aliphatic carbocycles. The van der Waals surface area contributed by atoms with E-state index in [0.29, 0.717) is 0 Å². The summed E-state index contributed by atoms with van der Waals surface area (Å²) in [6.45, 7) is 5.50. The molecular weight excluding hydrogens is 202 g/mol. The summed E-state index contributed by atoms with van der Waals surface area (Å²) in [5, 5.41) is 3.38. The van der Waals surface area contributed by atoms with Crippen LogP contribution >= 0.6 is 0 Å². The first-order valence-electron chi connectivity index (χ1n) is 6.25. The van der Waals surface area contributed by atoms with Crippen molar-refractivity contribution in [2.24, 2.45) is 0 Å². The highest BCUT2D eigenvalue weighted by atomic mass is 16.3. The van der Waals surface area contributed by atoms with E-state index in [1.165, 1.54) is 45.2 Å². The topological polar surface area (TPSA) is 41.3 Å². The normalized spacial score (nSPS) is 18.5. The molecule has 0 unspecified atom stereocenters. The average Bonchev–Trinajstić information content (AvgIpc) is 2.68. The summed E-state index contributed by atoms with van der Waals surface area (Å²) in [7, 11) is 0. The van der Waals surface area contributed by atoms with Gasteiger partial charge < -0.3 is 14.6 Å². The highest BCUT2D eigenvalue weighted by molar-refractivity contribution is 4.86. The van der Waals surface area contributed by atoms with E-state index >= 15 is 0 Å². The van der Waals surface area contributed by atoms with Gasteiger partial charge >= 0.3 is 0 Å². The second-order valence-corrected chi connectivity index (χ2v) is 4.40. The van der Waals surface area contributed by atoms with Gasteiger partial charge in [0.05, 0.1) is 12.7 Å². The first-order valence-corrected chi connectivity index (χ1v) is 6.25. The van der Waals surface area contributed by atoms with Gasteiger partial charge in [-0.15, -0.1) is 0 Å². The van der Waals surface area contributed by atoms with Crippen molar-refractivity contribution in [3.8, 4) is 0 Å². The largest absolute Gasteiger partial charge is 0.447 e. The predicted molar refractivity (Wildman–Crippen MR) is 63.1 cm³/mol. The van der Waals surface area contributed by atoms with E-state index in [-0.39, 0.29) is 0 Å². The summed E-state index contributed by atoms with van der Waals surface area (Å²) in [6, 6.07) is 0. The van der Waals surface area contributed by atoms with Crippen LogP contribution in [-0.2, 0) is 6.54 Å². The molecule has 0 saturated carbocycles. The average molecular weight is 223 g/mol. The minimum atomic E-state index is 0.786. The van der Waals surface area contributed by atoms with Gasteiger partial charge in [-0.05, 0) is 25.9 Å². The molecule has 2 rings (SSSR count).